The van der Waals surface area contributed by atoms with E-state index in [1.165, 1.54) is 6.07 Å². The number of benzene rings is 2. The Hall–Kier alpha value is -1.97. The van der Waals surface area contributed by atoms with Gasteiger partial charge in [0.25, 0.3) is 5.92 Å². The molecule has 1 atom stereocenters. The maximum absolute atomic E-state index is 14.5. The van der Waals surface area contributed by atoms with E-state index < -0.39 is 24.2 Å². The van der Waals surface area contributed by atoms with Gasteiger partial charge in [-0.15, -0.1) is 0 Å². The fraction of sp³-hybridized carbons (Fsp3) is 0.353. The second-order valence-corrected chi connectivity index (χ2v) is 5.59. The quantitative estimate of drug-likeness (QED) is 0.864. The van der Waals surface area contributed by atoms with Crippen molar-refractivity contribution in [1.29, 1.82) is 0 Å². The van der Waals surface area contributed by atoms with E-state index in [1.807, 2.05) is 19.1 Å². The Kier molecular flexibility index (Phi) is 4.26. The molecule has 1 N–H and O–H groups in total. The van der Waals surface area contributed by atoms with Gasteiger partial charge in [-0.1, -0.05) is 43.3 Å². The number of alkyl halides is 2. The highest BCUT2D eigenvalue weighted by atomic mass is 19.3. The molecule has 0 radical (unpaired) electrons. The van der Waals surface area contributed by atoms with E-state index in [0.717, 1.165) is 10.9 Å². The van der Waals surface area contributed by atoms with Crippen LogP contribution in [0.3, 0.4) is 0 Å². The Morgan fingerprint density at radius 3 is 2.43 bits per heavy atom. The number of hydrogen-bond donors (Lipinski definition) is 1. The van der Waals surface area contributed by atoms with Crippen molar-refractivity contribution in [1.82, 2.24) is 0 Å². The molecule has 0 aliphatic carbocycles. The summed E-state index contributed by atoms with van der Waals surface area (Å²) in [6.45, 7) is 3.43. The van der Waals surface area contributed by atoms with Gasteiger partial charge in [0.05, 0.1) is 0 Å². The van der Waals surface area contributed by atoms with Crippen LogP contribution in [0.25, 0.3) is 10.8 Å². The summed E-state index contributed by atoms with van der Waals surface area (Å²) >= 11 is 0. The molecule has 0 aliphatic heterocycles. The third-order valence-corrected chi connectivity index (χ3v) is 3.66. The SMILES string of the molecule is Cc1ccc(C(F)(F)CC(C)CC(=O)O)c2ccccc12. The summed E-state index contributed by atoms with van der Waals surface area (Å²) in [5.74, 6) is -4.67. The van der Waals surface area contributed by atoms with Crippen molar-refractivity contribution in [2.24, 2.45) is 5.92 Å². The number of carboxylic acid groups (broad SMARTS) is 1. The predicted molar refractivity (Wildman–Crippen MR) is 78.6 cm³/mol. The molecule has 0 aromatic heterocycles. The average molecular weight is 292 g/mol. The van der Waals surface area contributed by atoms with E-state index >= 15 is 0 Å². The van der Waals surface area contributed by atoms with E-state index in [4.69, 9.17) is 5.11 Å². The van der Waals surface area contributed by atoms with Crippen molar-refractivity contribution < 1.29 is 18.7 Å². The molecule has 0 heterocycles. The van der Waals surface area contributed by atoms with E-state index in [2.05, 4.69) is 0 Å². The molecule has 2 aromatic rings. The number of carbonyl (C=O) groups is 1. The Balaban J connectivity index is 2.40. The Morgan fingerprint density at radius 2 is 1.81 bits per heavy atom. The number of aliphatic carboxylic acids is 1. The molecule has 2 rings (SSSR count). The van der Waals surface area contributed by atoms with Gasteiger partial charge < -0.3 is 5.11 Å². The fourth-order valence-corrected chi connectivity index (χ4v) is 2.69. The van der Waals surface area contributed by atoms with Gasteiger partial charge in [-0.3, -0.25) is 4.79 Å². The molecule has 4 heteroatoms. The molecule has 0 saturated heterocycles. The largest absolute Gasteiger partial charge is 0.481 e. The Bertz CT molecular complexity index is 665. The highest BCUT2D eigenvalue weighted by molar-refractivity contribution is 5.89. The molecule has 2 nitrogen and oxygen atoms in total. The third kappa shape index (κ3) is 3.38. The minimum absolute atomic E-state index is 0.0269. The van der Waals surface area contributed by atoms with Crippen molar-refractivity contribution in [3.63, 3.8) is 0 Å². The monoisotopic (exact) mass is 292 g/mol. The summed E-state index contributed by atoms with van der Waals surface area (Å²) in [7, 11) is 0. The van der Waals surface area contributed by atoms with E-state index in [9.17, 15) is 13.6 Å². The van der Waals surface area contributed by atoms with Gasteiger partial charge >= 0.3 is 5.97 Å². The average Bonchev–Trinajstić information content (AvgIpc) is 2.37. The lowest BCUT2D eigenvalue weighted by Gasteiger charge is -2.22. The van der Waals surface area contributed by atoms with Crippen molar-refractivity contribution in [2.75, 3.05) is 0 Å². The lowest BCUT2D eigenvalue weighted by molar-refractivity contribution is -0.138. The smallest absolute Gasteiger partial charge is 0.303 e. The normalized spacial score (nSPS) is 13.3. The first-order valence-corrected chi connectivity index (χ1v) is 6.89. The fourth-order valence-electron chi connectivity index (χ4n) is 2.69. The van der Waals surface area contributed by atoms with Crippen LogP contribution in [0.5, 0.6) is 0 Å². The topological polar surface area (TPSA) is 37.3 Å². The first-order valence-electron chi connectivity index (χ1n) is 6.89. The molecule has 112 valence electrons. The summed E-state index contributed by atoms with van der Waals surface area (Å²) in [5.41, 5.74) is 0.921. The number of carboxylic acids is 1. The minimum atomic E-state index is -3.04. The van der Waals surface area contributed by atoms with Crippen LogP contribution in [0.4, 0.5) is 8.78 Å². The van der Waals surface area contributed by atoms with Crippen LogP contribution in [0.15, 0.2) is 36.4 Å². The number of fused-ring (bicyclic) bond motifs is 1. The molecule has 2 aromatic carbocycles. The zero-order valence-corrected chi connectivity index (χ0v) is 12.1. The van der Waals surface area contributed by atoms with E-state index in [0.29, 0.717) is 5.39 Å². The molecule has 1 unspecified atom stereocenters. The first-order chi connectivity index (χ1) is 9.81. The standard InChI is InChI=1S/C17H18F2O2/c1-11(9-16(20)21)10-17(18,19)15-8-7-12(2)13-5-3-4-6-14(13)15/h3-8,11H,9-10H2,1-2H3,(H,20,21). The zero-order chi connectivity index (χ0) is 15.6. The second kappa shape index (κ2) is 5.80. The molecule has 0 aliphatic rings. The van der Waals surface area contributed by atoms with Crippen molar-refractivity contribution >= 4 is 16.7 Å². The zero-order valence-electron chi connectivity index (χ0n) is 12.1. The van der Waals surface area contributed by atoms with Crippen LogP contribution < -0.4 is 0 Å². The Labute approximate surface area is 122 Å². The van der Waals surface area contributed by atoms with Crippen molar-refractivity contribution in [3.8, 4) is 0 Å². The molecule has 0 spiro atoms. The molecule has 0 saturated carbocycles. The van der Waals surface area contributed by atoms with Gasteiger partial charge in [-0.05, 0) is 29.2 Å². The maximum atomic E-state index is 14.5. The van der Waals surface area contributed by atoms with Crippen molar-refractivity contribution in [3.05, 3.63) is 47.5 Å². The highest BCUT2D eigenvalue weighted by Gasteiger charge is 2.35. The molecule has 0 amide bonds. The van der Waals surface area contributed by atoms with Crippen LogP contribution >= 0.6 is 0 Å². The van der Waals surface area contributed by atoms with Crippen LogP contribution in [-0.4, -0.2) is 11.1 Å². The van der Waals surface area contributed by atoms with Gasteiger partial charge in [-0.2, -0.15) is 0 Å². The maximum Gasteiger partial charge on any atom is 0.303 e. The molecule has 0 bridgehead atoms. The number of hydrogen-bond acceptors (Lipinski definition) is 1. The lowest BCUT2D eigenvalue weighted by atomic mass is 9.90. The van der Waals surface area contributed by atoms with Crippen LogP contribution in [0.1, 0.15) is 30.9 Å². The van der Waals surface area contributed by atoms with Crippen LogP contribution in [0, 0.1) is 12.8 Å². The predicted octanol–water partition coefficient (Wildman–Crippen LogP) is 4.74. The summed E-state index contributed by atoms with van der Waals surface area (Å²) in [6.07, 6.45) is -0.717. The second-order valence-electron chi connectivity index (χ2n) is 5.59. The number of aryl methyl sites for hydroxylation is 1. The molecule has 21 heavy (non-hydrogen) atoms. The summed E-state index contributed by atoms with van der Waals surface area (Å²) in [4.78, 5) is 10.6. The number of halogens is 2. The molecular formula is C17H18F2O2. The van der Waals surface area contributed by atoms with Crippen LogP contribution in [-0.2, 0) is 10.7 Å². The summed E-state index contributed by atoms with van der Waals surface area (Å²) in [5, 5.41) is 10.1. The van der Waals surface area contributed by atoms with Gasteiger partial charge in [-0.25, -0.2) is 8.78 Å². The van der Waals surface area contributed by atoms with Crippen LogP contribution in [0.2, 0.25) is 0 Å². The first kappa shape index (κ1) is 15.4. The minimum Gasteiger partial charge on any atom is -0.481 e. The van der Waals surface area contributed by atoms with Gasteiger partial charge in [0.15, 0.2) is 0 Å². The summed E-state index contributed by atoms with van der Waals surface area (Å²) < 4.78 is 29.1. The summed E-state index contributed by atoms with van der Waals surface area (Å²) in [6, 6.07) is 10.2. The van der Waals surface area contributed by atoms with Gasteiger partial charge in [0.1, 0.15) is 0 Å². The number of rotatable bonds is 5. The third-order valence-electron chi connectivity index (χ3n) is 3.66. The van der Waals surface area contributed by atoms with Gasteiger partial charge in [0, 0.05) is 18.4 Å². The molecule has 0 fully saturated rings. The Morgan fingerprint density at radius 1 is 1.19 bits per heavy atom. The van der Waals surface area contributed by atoms with Crippen molar-refractivity contribution in [2.45, 2.75) is 32.6 Å². The van der Waals surface area contributed by atoms with E-state index in [1.54, 1.807) is 25.1 Å². The lowest BCUT2D eigenvalue weighted by Crippen LogP contribution is -2.19. The van der Waals surface area contributed by atoms with Gasteiger partial charge in [0.2, 0.25) is 0 Å². The molecular weight excluding hydrogens is 274 g/mol. The van der Waals surface area contributed by atoms with E-state index in [-0.39, 0.29) is 12.0 Å². The highest BCUT2D eigenvalue weighted by Crippen LogP contribution is 2.39.